The molecule has 0 radical (unpaired) electrons. The van der Waals surface area contributed by atoms with Gasteiger partial charge in [-0.05, 0) is 70.4 Å². The monoisotopic (exact) mass is 422 g/mol. The lowest BCUT2D eigenvalue weighted by molar-refractivity contribution is -0.127. The number of benzene rings is 1. The molecular weight excluding hydrogens is 392 g/mol. The first-order valence-corrected chi connectivity index (χ1v) is 10.4. The Hall–Kier alpha value is -3.35. The topological polar surface area (TPSA) is 83.4 Å². The van der Waals surface area contributed by atoms with Crippen LogP contribution in [0.4, 0.5) is 10.5 Å². The molecular formula is C24H30N4O3. The first-order chi connectivity index (χ1) is 14.5. The number of hydrogen-bond donors (Lipinski definition) is 2. The van der Waals surface area contributed by atoms with E-state index >= 15 is 0 Å². The maximum absolute atomic E-state index is 12.8. The molecule has 2 N–H and O–H groups in total. The molecule has 0 saturated carbocycles. The Balaban J connectivity index is 1.78. The third-order valence-corrected chi connectivity index (χ3v) is 5.38. The van der Waals surface area contributed by atoms with Crippen LogP contribution >= 0.6 is 0 Å². The van der Waals surface area contributed by atoms with Crippen molar-refractivity contribution in [3.05, 3.63) is 58.5 Å². The molecule has 1 aromatic carbocycles. The number of hydrogen-bond acceptors (Lipinski definition) is 3. The van der Waals surface area contributed by atoms with E-state index in [0.29, 0.717) is 5.69 Å². The van der Waals surface area contributed by atoms with E-state index in [4.69, 9.17) is 0 Å². The Morgan fingerprint density at radius 3 is 2.45 bits per heavy atom. The highest BCUT2D eigenvalue weighted by molar-refractivity contribution is 6.16. The van der Waals surface area contributed by atoms with E-state index in [0.717, 1.165) is 33.8 Å². The van der Waals surface area contributed by atoms with Crippen molar-refractivity contribution in [2.45, 2.75) is 53.5 Å². The van der Waals surface area contributed by atoms with Gasteiger partial charge in [-0.1, -0.05) is 25.1 Å². The molecule has 0 atom stereocenters. The predicted octanol–water partition coefficient (Wildman–Crippen LogP) is 3.95. The van der Waals surface area contributed by atoms with Crippen LogP contribution in [0.2, 0.25) is 0 Å². The second-order valence-electron chi connectivity index (χ2n) is 8.77. The fourth-order valence-corrected chi connectivity index (χ4v) is 4.12. The first kappa shape index (κ1) is 22.3. The maximum Gasteiger partial charge on any atom is 0.329 e. The summed E-state index contributed by atoms with van der Waals surface area (Å²) in [6.45, 7) is 12.0. The van der Waals surface area contributed by atoms with Crippen molar-refractivity contribution < 1.29 is 14.4 Å². The van der Waals surface area contributed by atoms with Gasteiger partial charge in [0.2, 0.25) is 5.91 Å². The molecule has 1 aliphatic heterocycles. The summed E-state index contributed by atoms with van der Waals surface area (Å²) in [5, 5.41) is 5.39. The minimum absolute atomic E-state index is 0.104. The van der Waals surface area contributed by atoms with Crippen LogP contribution in [-0.2, 0) is 21.5 Å². The molecule has 7 nitrogen and oxygen atoms in total. The van der Waals surface area contributed by atoms with Gasteiger partial charge in [-0.15, -0.1) is 0 Å². The zero-order valence-electron chi connectivity index (χ0n) is 19.0. The number of aromatic nitrogens is 1. The van der Waals surface area contributed by atoms with Gasteiger partial charge in [-0.3, -0.25) is 9.59 Å². The highest BCUT2D eigenvalue weighted by Crippen LogP contribution is 2.26. The Labute approximate surface area is 183 Å². The standard InChI is InChI=1S/C24H30N4O3/c1-7-17-10-8-9-11-19(17)25-21(29)14-27-22(30)20(26-23(27)31)13-18-12-15(2)28(16(18)3)24(4,5)6/h8-13H,7,14H2,1-6H3,(H,25,29)(H,26,31)/b20-13+. The number of nitrogens with one attached hydrogen (secondary N) is 2. The summed E-state index contributed by atoms with van der Waals surface area (Å²) in [6.07, 6.45) is 2.44. The number of imide groups is 1. The molecule has 2 heterocycles. The SMILES string of the molecule is CCc1ccccc1NC(=O)CN1C(=O)N/C(=C/c2cc(C)n(C(C)(C)C)c2C)C1=O. The Bertz CT molecular complexity index is 1070. The van der Waals surface area contributed by atoms with Gasteiger partial charge in [-0.25, -0.2) is 9.69 Å². The highest BCUT2D eigenvalue weighted by atomic mass is 16.2. The van der Waals surface area contributed by atoms with Crippen molar-refractivity contribution in [3.8, 4) is 0 Å². The number of aryl methyl sites for hydroxylation is 2. The Morgan fingerprint density at radius 1 is 1.16 bits per heavy atom. The molecule has 0 spiro atoms. The van der Waals surface area contributed by atoms with Crippen molar-refractivity contribution in [1.82, 2.24) is 14.8 Å². The molecule has 0 unspecified atom stereocenters. The molecule has 4 amide bonds. The average Bonchev–Trinajstić information content (AvgIpc) is 3.11. The molecule has 1 aliphatic rings. The first-order valence-electron chi connectivity index (χ1n) is 10.4. The quantitative estimate of drug-likeness (QED) is 0.565. The second kappa shape index (κ2) is 8.41. The van der Waals surface area contributed by atoms with Gasteiger partial charge in [0.15, 0.2) is 0 Å². The normalized spacial score (nSPS) is 15.5. The Kier molecular flexibility index (Phi) is 6.06. The van der Waals surface area contributed by atoms with Crippen molar-refractivity contribution >= 4 is 29.6 Å². The zero-order chi connectivity index (χ0) is 22.9. The van der Waals surface area contributed by atoms with Crippen LogP contribution in [-0.4, -0.2) is 33.9 Å². The van der Waals surface area contributed by atoms with Crippen LogP contribution in [0.1, 0.15) is 50.2 Å². The summed E-state index contributed by atoms with van der Waals surface area (Å²) in [6, 6.07) is 8.86. The van der Waals surface area contributed by atoms with E-state index in [9.17, 15) is 14.4 Å². The second-order valence-corrected chi connectivity index (χ2v) is 8.77. The van der Waals surface area contributed by atoms with Crippen LogP contribution in [0.5, 0.6) is 0 Å². The summed E-state index contributed by atoms with van der Waals surface area (Å²) in [5.41, 5.74) is 4.68. The summed E-state index contributed by atoms with van der Waals surface area (Å²) >= 11 is 0. The fourth-order valence-electron chi connectivity index (χ4n) is 4.12. The highest BCUT2D eigenvalue weighted by Gasteiger charge is 2.35. The zero-order valence-corrected chi connectivity index (χ0v) is 19.0. The molecule has 7 heteroatoms. The number of rotatable bonds is 5. The van der Waals surface area contributed by atoms with Gasteiger partial charge in [0.25, 0.3) is 5.91 Å². The predicted molar refractivity (Wildman–Crippen MR) is 122 cm³/mol. The summed E-state index contributed by atoms with van der Waals surface area (Å²) in [7, 11) is 0. The number of urea groups is 1. The van der Waals surface area contributed by atoms with Crippen molar-refractivity contribution in [2.24, 2.45) is 0 Å². The molecule has 1 saturated heterocycles. The molecule has 164 valence electrons. The molecule has 0 aliphatic carbocycles. The van der Waals surface area contributed by atoms with Crippen molar-refractivity contribution in [1.29, 1.82) is 0 Å². The fraction of sp³-hybridized carbons (Fsp3) is 0.375. The van der Waals surface area contributed by atoms with E-state index in [1.165, 1.54) is 0 Å². The van der Waals surface area contributed by atoms with Crippen molar-refractivity contribution in [3.63, 3.8) is 0 Å². The van der Waals surface area contributed by atoms with E-state index in [-0.39, 0.29) is 17.8 Å². The van der Waals surface area contributed by atoms with E-state index in [1.54, 1.807) is 12.1 Å². The summed E-state index contributed by atoms with van der Waals surface area (Å²) in [4.78, 5) is 38.6. The summed E-state index contributed by atoms with van der Waals surface area (Å²) < 4.78 is 2.19. The molecule has 1 aromatic heterocycles. The Morgan fingerprint density at radius 2 is 1.84 bits per heavy atom. The van der Waals surface area contributed by atoms with Gasteiger partial charge in [-0.2, -0.15) is 0 Å². The molecule has 2 aromatic rings. The number of para-hydroxylation sites is 1. The van der Waals surface area contributed by atoms with E-state index < -0.39 is 17.8 Å². The van der Waals surface area contributed by atoms with E-state index in [2.05, 4.69) is 36.0 Å². The van der Waals surface area contributed by atoms with E-state index in [1.807, 2.05) is 45.0 Å². The number of nitrogens with zero attached hydrogens (tertiary/aromatic N) is 2. The molecule has 31 heavy (non-hydrogen) atoms. The van der Waals surface area contributed by atoms with Gasteiger partial charge in [0.05, 0.1) is 0 Å². The van der Waals surface area contributed by atoms with Gasteiger partial charge >= 0.3 is 6.03 Å². The lowest BCUT2D eigenvalue weighted by Crippen LogP contribution is -2.38. The van der Waals surface area contributed by atoms with Gasteiger partial charge < -0.3 is 15.2 Å². The summed E-state index contributed by atoms with van der Waals surface area (Å²) in [5.74, 6) is -0.930. The smallest absolute Gasteiger partial charge is 0.329 e. The minimum atomic E-state index is -0.597. The molecule has 3 rings (SSSR count). The molecule has 1 fully saturated rings. The van der Waals surface area contributed by atoms with Crippen LogP contribution in [0.3, 0.4) is 0 Å². The number of carbonyl (C=O) groups excluding carboxylic acids is 3. The average molecular weight is 423 g/mol. The van der Waals surface area contributed by atoms with Crippen LogP contribution in [0.15, 0.2) is 36.0 Å². The van der Waals surface area contributed by atoms with Crippen LogP contribution in [0, 0.1) is 13.8 Å². The van der Waals surface area contributed by atoms with Gasteiger partial charge in [0, 0.05) is 22.6 Å². The third-order valence-electron chi connectivity index (χ3n) is 5.38. The third kappa shape index (κ3) is 4.55. The number of amides is 4. The number of carbonyl (C=O) groups is 3. The molecule has 0 bridgehead atoms. The van der Waals surface area contributed by atoms with Crippen LogP contribution < -0.4 is 10.6 Å². The van der Waals surface area contributed by atoms with Crippen LogP contribution in [0.25, 0.3) is 6.08 Å². The maximum atomic E-state index is 12.8. The lowest BCUT2D eigenvalue weighted by Gasteiger charge is -2.25. The van der Waals surface area contributed by atoms with Gasteiger partial charge in [0.1, 0.15) is 12.2 Å². The lowest BCUT2D eigenvalue weighted by atomic mass is 10.1. The van der Waals surface area contributed by atoms with Crippen molar-refractivity contribution in [2.75, 3.05) is 11.9 Å². The minimum Gasteiger partial charge on any atom is -0.343 e. The largest absolute Gasteiger partial charge is 0.343 e. The number of anilines is 1.